The summed E-state index contributed by atoms with van der Waals surface area (Å²) in [4.78, 5) is 27.3. The molecule has 0 unspecified atom stereocenters. The summed E-state index contributed by atoms with van der Waals surface area (Å²) in [6, 6.07) is 24.8. The summed E-state index contributed by atoms with van der Waals surface area (Å²) in [5.41, 5.74) is 4.52. The molecule has 0 spiro atoms. The van der Waals surface area contributed by atoms with Gasteiger partial charge in [-0.3, -0.25) is 9.59 Å². The maximum Gasteiger partial charge on any atom is 0.273 e. The SMILES string of the molecule is CCC(F)(F)c1ccc(CC(=O)Cc2ccc(C(=O)N(C)c3cc(C)cc(-c4ccccc4F)c3)cc2)cc1. The first kappa shape index (κ1) is 27.8. The molecular weight excluding hydrogens is 499 g/mol. The van der Waals surface area contributed by atoms with Crippen molar-refractivity contribution in [1.29, 1.82) is 0 Å². The number of carbonyl (C=O) groups excluding carboxylic acids is 2. The lowest BCUT2D eigenvalue weighted by Crippen LogP contribution is -2.26. The fraction of sp³-hybridized carbons (Fsp3) is 0.212. The van der Waals surface area contributed by atoms with Crippen molar-refractivity contribution in [1.82, 2.24) is 0 Å². The van der Waals surface area contributed by atoms with Crippen LogP contribution in [-0.2, 0) is 23.6 Å². The number of carbonyl (C=O) groups is 2. The average Bonchev–Trinajstić information content (AvgIpc) is 2.93. The Kier molecular flexibility index (Phi) is 8.34. The minimum absolute atomic E-state index is 0.0540. The van der Waals surface area contributed by atoms with Gasteiger partial charge in [-0.2, -0.15) is 0 Å². The summed E-state index contributed by atoms with van der Waals surface area (Å²) in [6.45, 7) is 3.33. The van der Waals surface area contributed by atoms with E-state index in [2.05, 4.69) is 0 Å². The van der Waals surface area contributed by atoms with E-state index in [1.165, 1.54) is 30.0 Å². The van der Waals surface area contributed by atoms with Gasteiger partial charge in [-0.1, -0.05) is 67.6 Å². The third kappa shape index (κ3) is 6.63. The highest BCUT2D eigenvalue weighted by Crippen LogP contribution is 2.31. The molecule has 1 amide bonds. The lowest BCUT2D eigenvalue weighted by Gasteiger charge is -2.19. The molecule has 0 bridgehead atoms. The van der Waals surface area contributed by atoms with Crippen LogP contribution in [-0.4, -0.2) is 18.7 Å². The number of alkyl halides is 2. The van der Waals surface area contributed by atoms with Crippen molar-refractivity contribution in [3.05, 3.63) is 125 Å². The zero-order valence-corrected chi connectivity index (χ0v) is 22.2. The van der Waals surface area contributed by atoms with E-state index < -0.39 is 5.92 Å². The molecule has 0 aliphatic carbocycles. The Bertz CT molecular complexity index is 1480. The number of nitrogens with zero attached hydrogens (tertiary/aromatic N) is 1. The van der Waals surface area contributed by atoms with E-state index in [1.54, 1.807) is 67.7 Å². The number of aryl methyl sites for hydroxylation is 1. The van der Waals surface area contributed by atoms with E-state index in [4.69, 9.17) is 0 Å². The zero-order chi connectivity index (χ0) is 28.2. The molecule has 4 aromatic carbocycles. The summed E-state index contributed by atoms with van der Waals surface area (Å²) in [7, 11) is 1.67. The van der Waals surface area contributed by atoms with Crippen LogP contribution in [0.3, 0.4) is 0 Å². The van der Waals surface area contributed by atoms with Gasteiger partial charge >= 0.3 is 0 Å². The van der Waals surface area contributed by atoms with Gasteiger partial charge in [0.25, 0.3) is 11.8 Å². The number of hydrogen-bond acceptors (Lipinski definition) is 2. The highest BCUT2D eigenvalue weighted by Gasteiger charge is 2.28. The van der Waals surface area contributed by atoms with Crippen LogP contribution in [0.2, 0.25) is 0 Å². The van der Waals surface area contributed by atoms with Crippen LogP contribution in [0.15, 0.2) is 91.0 Å². The molecule has 0 fully saturated rings. The van der Waals surface area contributed by atoms with Crippen LogP contribution in [0.5, 0.6) is 0 Å². The molecule has 0 aliphatic rings. The highest BCUT2D eigenvalue weighted by atomic mass is 19.3. The van der Waals surface area contributed by atoms with E-state index >= 15 is 0 Å². The van der Waals surface area contributed by atoms with Crippen LogP contribution in [0.4, 0.5) is 18.9 Å². The Morgan fingerprint density at radius 1 is 0.821 bits per heavy atom. The number of benzene rings is 4. The van der Waals surface area contributed by atoms with Gasteiger partial charge < -0.3 is 4.90 Å². The zero-order valence-electron chi connectivity index (χ0n) is 22.2. The third-order valence-corrected chi connectivity index (χ3v) is 6.76. The van der Waals surface area contributed by atoms with Gasteiger partial charge in [0.1, 0.15) is 11.6 Å². The van der Waals surface area contributed by atoms with Gasteiger partial charge in [0.2, 0.25) is 0 Å². The Morgan fingerprint density at radius 3 is 2.00 bits per heavy atom. The molecule has 0 atom stereocenters. The third-order valence-electron chi connectivity index (χ3n) is 6.76. The fourth-order valence-electron chi connectivity index (χ4n) is 4.47. The maximum absolute atomic E-state index is 14.4. The minimum atomic E-state index is -2.88. The first-order valence-electron chi connectivity index (χ1n) is 12.8. The molecule has 4 aromatic rings. The standard InChI is InChI=1S/C33H30F3NO2/c1-4-33(35,36)27-15-11-24(12-16-27)20-29(38)19-23-9-13-25(14-10-23)32(39)37(3)28-18-22(2)17-26(21-28)30-7-5-6-8-31(30)34/h5-18,21H,4,19-20H2,1-3H3. The lowest BCUT2D eigenvalue weighted by molar-refractivity contribution is -0.117. The molecule has 200 valence electrons. The summed E-state index contributed by atoms with van der Waals surface area (Å²) in [6.07, 6.45) is 0.0272. The molecule has 0 aromatic heterocycles. The number of hydrogen-bond donors (Lipinski definition) is 0. The highest BCUT2D eigenvalue weighted by molar-refractivity contribution is 6.06. The lowest BCUT2D eigenvalue weighted by atomic mass is 9.99. The first-order valence-corrected chi connectivity index (χ1v) is 12.8. The average molecular weight is 530 g/mol. The summed E-state index contributed by atoms with van der Waals surface area (Å²) < 4.78 is 42.0. The molecule has 0 saturated heterocycles. The van der Waals surface area contributed by atoms with E-state index in [9.17, 15) is 22.8 Å². The molecule has 3 nitrogen and oxygen atoms in total. The van der Waals surface area contributed by atoms with Crippen molar-refractivity contribution in [3.8, 4) is 11.1 Å². The predicted molar refractivity (Wildman–Crippen MR) is 149 cm³/mol. The van der Waals surface area contributed by atoms with Gasteiger partial charge in [-0.25, -0.2) is 13.2 Å². The van der Waals surface area contributed by atoms with Crippen molar-refractivity contribution in [2.45, 2.75) is 39.0 Å². The summed E-state index contributed by atoms with van der Waals surface area (Å²) in [5, 5.41) is 0. The second kappa shape index (κ2) is 11.7. The van der Waals surface area contributed by atoms with Crippen LogP contribution < -0.4 is 4.90 Å². The number of Topliss-reactive ketones (excluding diaryl/α,β-unsaturated/α-hetero) is 1. The van der Waals surface area contributed by atoms with Crippen molar-refractivity contribution >= 4 is 17.4 Å². The smallest absolute Gasteiger partial charge is 0.273 e. The molecule has 0 aliphatic heterocycles. The molecule has 6 heteroatoms. The molecule has 4 rings (SSSR count). The van der Waals surface area contributed by atoms with Crippen LogP contribution in [0.25, 0.3) is 11.1 Å². The van der Waals surface area contributed by atoms with Crippen LogP contribution in [0.1, 0.15) is 46.0 Å². The normalized spacial score (nSPS) is 11.3. The van der Waals surface area contributed by atoms with Gasteiger partial charge in [-0.15, -0.1) is 0 Å². The second-order valence-electron chi connectivity index (χ2n) is 9.75. The van der Waals surface area contributed by atoms with Gasteiger partial charge in [0.05, 0.1) is 0 Å². The quantitative estimate of drug-likeness (QED) is 0.221. The Balaban J connectivity index is 1.42. The molecule has 39 heavy (non-hydrogen) atoms. The second-order valence-corrected chi connectivity index (χ2v) is 9.75. The van der Waals surface area contributed by atoms with Crippen molar-refractivity contribution in [3.63, 3.8) is 0 Å². The summed E-state index contributed by atoms with van der Waals surface area (Å²) >= 11 is 0. The van der Waals surface area contributed by atoms with E-state index in [0.717, 1.165) is 11.1 Å². The molecule has 0 saturated carbocycles. The Labute approximate surface area is 226 Å². The number of anilines is 1. The molecular formula is C33H30F3NO2. The number of halogens is 3. The number of rotatable bonds is 9. The van der Waals surface area contributed by atoms with Crippen molar-refractivity contribution in [2.24, 2.45) is 0 Å². The minimum Gasteiger partial charge on any atom is -0.311 e. The topological polar surface area (TPSA) is 37.4 Å². The van der Waals surface area contributed by atoms with Gasteiger partial charge in [-0.05, 0) is 59.5 Å². The Hall–Kier alpha value is -4.19. The monoisotopic (exact) mass is 529 g/mol. The Morgan fingerprint density at radius 2 is 1.41 bits per heavy atom. The number of amides is 1. The number of ketones is 1. The summed E-state index contributed by atoms with van der Waals surface area (Å²) in [5.74, 6) is -3.50. The van der Waals surface area contributed by atoms with Gasteiger partial charge in [0, 0.05) is 48.7 Å². The predicted octanol–water partition coefficient (Wildman–Crippen LogP) is 7.93. The van der Waals surface area contributed by atoms with Crippen molar-refractivity contribution in [2.75, 3.05) is 11.9 Å². The fourth-order valence-corrected chi connectivity index (χ4v) is 4.47. The van der Waals surface area contributed by atoms with Gasteiger partial charge in [0.15, 0.2) is 0 Å². The van der Waals surface area contributed by atoms with E-state index in [0.29, 0.717) is 27.9 Å². The van der Waals surface area contributed by atoms with Crippen LogP contribution in [0, 0.1) is 12.7 Å². The van der Waals surface area contributed by atoms with E-state index in [-0.39, 0.29) is 42.3 Å². The van der Waals surface area contributed by atoms with E-state index in [1.807, 2.05) is 19.1 Å². The largest absolute Gasteiger partial charge is 0.311 e. The molecule has 0 radical (unpaired) electrons. The van der Waals surface area contributed by atoms with Crippen molar-refractivity contribution < 1.29 is 22.8 Å². The molecule has 0 heterocycles. The molecule has 0 N–H and O–H groups in total. The van der Waals surface area contributed by atoms with Crippen LogP contribution >= 0.6 is 0 Å². The first-order chi connectivity index (χ1) is 18.6. The maximum atomic E-state index is 14.4.